The number of carbonyl (C=O) groups excluding carboxylic acids is 1. The highest BCUT2D eigenvalue weighted by molar-refractivity contribution is 7.11. The Labute approximate surface area is 156 Å². The zero-order chi connectivity index (χ0) is 17.5. The number of hydrogen-bond donors (Lipinski definition) is 0. The van der Waals surface area contributed by atoms with E-state index in [0.29, 0.717) is 12.5 Å². The molecule has 1 unspecified atom stereocenters. The summed E-state index contributed by atoms with van der Waals surface area (Å²) in [6.45, 7) is 5.29. The maximum atomic E-state index is 11.9. The second-order valence-corrected chi connectivity index (χ2v) is 8.45. The lowest BCUT2D eigenvalue weighted by Gasteiger charge is -2.15. The lowest BCUT2D eigenvalue weighted by Crippen LogP contribution is -2.23. The fraction of sp³-hybridized carbons (Fsp3) is 0.611. The summed E-state index contributed by atoms with van der Waals surface area (Å²) in [5.41, 5.74) is 2.18. The number of carbonyl (C=O) groups is 1. The first-order valence-corrected chi connectivity index (χ1v) is 10.2. The first-order valence-electron chi connectivity index (χ1n) is 9.38. The predicted molar refractivity (Wildman–Crippen MR) is 98.2 cm³/mol. The summed E-state index contributed by atoms with van der Waals surface area (Å²) in [6, 6.07) is 0.374. The van der Waals surface area contributed by atoms with Crippen molar-refractivity contribution in [3.8, 4) is 0 Å². The number of rotatable bonds is 4. The zero-order valence-corrected chi connectivity index (χ0v) is 15.6. The third-order valence-corrected chi connectivity index (χ3v) is 6.55. The molecule has 3 aliphatic heterocycles. The van der Waals surface area contributed by atoms with Crippen LogP contribution in [0.4, 0.5) is 5.69 Å². The van der Waals surface area contributed by atoms with Gasteiger partial charge >= 0.3 is 0 Å². The van der Waals surface area contributed by atoms with Crippen LogP contribution in [0.1, 0.15) is 40.9 Å². The van der Waals surface area contributed by atoms with Gasteiger partial charge in [0.1, 0.15) is 5.01 Å². The molecule has 0 N–H and O–H groups in total. The van der Waals surface area contributed by atoms with Crippen molar-refractivity contribution in [3.63, 3.8) is 0 Å². The van der Waals surface area contributed by atoms with Crippen molar-refractivity contribution in [1.29, 1.82) is 0 Å². The molecule has 0 aliphatic carbocycles. The van der Waals surface area contributed by atoms with Gasteiger partial charge in [0.25, 0.3) is 0 Å². The number of nitrogens with zero attached hydrogens (tertiary/aromatic N) is 5. The summed E-state index contributed by atoms with van der Waals surface area (Å²) in [6.07, 6.45) is 7.51. The van der Waals surface area contributed by atoms with Gasteiger partial charge in [-0.2, -0.15) is 5.10 Å². The van der Waals surface area contributed by atoms with Gasteiger partial charge in [-0.05, 0) is 12.8 Å². The standard InChI is InChI=1S/C18H23N5O2S/c24-18-2-1-5-22(18)14-8-19-23(10-14)13-3-6-21(9-13)11-17-20-15-4-7-25-12-16(15)26-17/h8,10,13H,1-7,9,11-12H2. The molecule has 8 heteroatoms. The molecular formula is C18H23N5O2S. The molecule has 26 heavy (non-hydrogen) atoms. The highest BCUT2D eigenvalue weighted by Crippen LogP contribution is 2.29. The fourth-order valence-electron chi connectivity index (χ4n) is 4.10. The van der Waals surface area contributed by atoms with Gasteiger partial charge in [-0.1, -0.05) is 0 Å². The fourth-order valence-corrected chi connectivity index (χ4v) is 5.19. The number of amides is 1. The van der Waals surface area contributed by atoms with Crippen molar-refractivity contribution in [2.75, 3.05) is 31.1 Å². The van der Waals surface area contributed by atoms with E-state index in [1.165, 1.54) is 15.6 Å². The molecule has 0 radical (unpaired) electrons. The van der Waals surface area contributed by atoms with E-state index < -0.39 is 0 Å². The number of likely N-dealkylation sites (tertiary alicyclic amines) is 1. The molecule has 138 valence electrons. The highest BCUT2D eigenvalue weighted by atomic mass is 32.1. The quantitative estimate of drug-likeness (QED) is 0.820. The predicted octanol–water partition coefficient (Wildman–Crippen LogP) is 1.99. The Balaban J connectivity index is 1.22. The molecule has 2 fully saturated rings. The molecule has 1 atom stereocenters. The van der Waals surface area contributed by atoms with E-state index in [1.54, 1.807) is 11.3 Å². The van der Waals surface area contributed by atoms with Gasteiger partial charge in [-0.25, -0.2) is 4.98 Å². The summed E-state index contributed by atoms with van der Waals surface area (Å²) in [4.78, 5) is 22.3. The van der Waals surface area contributed by atoms with Gasteiger partial charge < -0.3 is 9.64 Å². The largest absolute Gasteiger partial charge is 0.375 e. The second kappa shape index (κ2) is 6.75. The number of anilines is 1. The summed E-state index contributed by atoms with van der Waals surface area (Å²) in [5, 5.41) is 5.74. The third kappa shape index (κ3) is 3.06. The average Bonchev–Trinajstić information content (AvgIpc) is 3.40. The molecule has 2 aromatic rings. The smallest absolute Gasteiger partial charge is 0.227 e. The second-order valence-electron chi connectivity index (χ2n) is 7.29. The van der Waals surface area contributed by atoms with Crippen molar-refractivity contribution in [2.24, 2.45) is 0 Å². The van der Waals surface area contributed by atoms with Gasteiger partial charge in [-0.3, -0.25) is 14.4 Å². The van der Waals surface area contributed by atoms with Gasteiger partial charge in [-0.15, -0.1) is 11.3 Å². The molecular weight excluding hydrogens is 350 g/mol. The van der Waals surface area contributed by atoms with Crippen molar-refractivity contribution >= 4 is 22.9 Å². The first-order chi connectivity index (χ1) is 12.8. The molecule has 2 saturated heterocycles. The van der Waals surface area contributed by atoms with Gasteiger partial charge in [0, 0.05) is 38.7 Å². The van der Waals surface area contributed by atoms with Gasteiger partial charge in [0.2, 0.25) is 5.91 Å². The van der Waals surface area contributed by atoms with E-state index in [4.69, 9.17) is 9.72 Å². The molecule has 0 aromatic carbocycles. The van der Waals surface area contributed by atoms with Crippen LogP contribution in [0.25, 0.3) is 0 Å². The molecule has 0 bridgehead atoms. The number of hydrogen-bond acceptors (Lipinski definition) is 6. The van der Waals surface area contributed by atoms with Crippen molar-refractivity contribution in [2.45, 2.75) is 44.9 Å². The molecule has 5 heterocycles. The maximum absolute atomic E-state index is 11.9. The van der Waals surface area contributed by atoms with Crippen molar-refractivity contribution in [1.82, 2.24) is 19.7 Å². The molecule has 0 saturated carbocycles. The average molecular weight is 373 g/mol. The van der Waals surface area contributed by atoms with E-state index in [1.807, 2.05) is 22.0 Å². The Kier molecular flexibility index (Phi) is 4.26. The SMILES string of the molecule is O=C1CCCN1c1cnn(C2CCN(Cc3nc4c(s3)COCC4)C2)c1. The minimum Gasteiger partial charge on any atom is -0.375 e. The van der Waals surface area contributed by atoms with E-state index in [2.05, 4.69) is 10.00 Å². The maximum Gasteiger partial charge on any atom is 0.227 e. The van der Waals surface area contributed by atoms with Crippen LogP contribution in [0.15, 0.2) is 12.4 Å². The van der Waals surface area contributed by atoms with Crippen LogP contribution >= 0.6 is 11.3 Å². The number of fused-ring (bicyclic) bond motifs is 1. The Morgan fingerprint density at radius 3 is 3.12 bits per heavy atom. The lowest BCUT2D eigenvalue weighted by molar-refractivity contribution is -0.117. The molecule has 0 spiro atoms. The van der Waals surface area contributed by atoms with Gasteiger partial charge in [0.15, 0.2) is 0 Å². The topological polar surface area (TPSA) is 63.5 Å². The summed E-state index contributed by atoms with van der Waals surface area (Å²) < 4.78 is 7.57. The minimum absolute atomic E-state index is 0.217. The summed E-state index contributed by atoms with van der Waals surface area (Å²) in [5.74, 6) is 0.217. The Bertz CT molecular complexity index is 793. The molecule has 7 nitrogen and oxygen atoms in total. The van der Waals surface area contributed by atoms with Crippen LogP contribution in [0.5, 0.6) is 0 Å². The third-order valence-electron chi connectivity index (χ3n) is 5.49. The van der Waals surface area contributed by atoms with Crippen LogP contribution in [-0.2, 0) is 29.1 Å². The van der Waals surface area contributed by atoms with E-state index in [9.17, 15) is 4.79 Å². The molecule has 1 amide bonds. The first kappa shape index (κ1) is 16.4. The van der Waals surface area contributed by atoms with Crippen LogP contribution < -0.4 is 4.90 Å². The summed E-state index contributed by atoms with van der Waals surface area (Å²) in [7, 11) is 0. The number of aromatic nitrogens is 3. The summed E-state index contributed by atoms with van der Waals surface area (Å²) >= 11 is 1.80. The highest BCUT2D eigenvalue weighted by Gasteiger charge is 2.28. The van der Waals surface area contributed by atoms with Crippen LogP contribution in [0.3, 0.4) is 0 Å². The Morgan fingerprint density at radius 2 is 2.27 bits per heavy atom. The Hall–Kier alpha value is -1.77. The van der Waals surface area contributed by atoms with E-state index in [0.717, 1.165) is 64.3 Å². The normalized spacial score (nSPS) is 23.8. The van der Waals surface area contributed by atoms with Crippen molar-refractivity contribution < 1.29 is 9.53 Å². The van der Waals surface area contributed by atoms with Crippen LogP contribution in [0, 0.1) is 0 Å². The lowest BCUT2D eigenvalue weighted by atomic mass is 10.2. The molecule has 3 aliphatic rings. The van der Waals surface area contributed by atoms with Gasteiger partial charge in [0.05, 0.1) is 48.3 Å². The number of ether oxygens (including phenoxy) is 1. The van der Waals surface area contributed by atoms with Crippen molar-refractivity contribution in [3.05, 3.63) is 28.0 Å². The van der Waals surface area contributed by atoms with E-state index >= 15 is 0 Å². The van der Waals surface area contributed by atoms with Crippen LogP contribution in [-0.4, -0.2) is 51.8 Å². The van der Waals surface area contributed by atoms with Crippen LogP contribution in [0.2, 0.25) is 0 Å². The number of thiazole rings is 1. The molecule has 2 aromatic heterocycles. The Morgan fingerprint density at radius 1 is 1.31 bits per heavy atom. The van der Waals surface area contributed by atoms with E-state index in [-0.39, 0.29) is 5.91 Å². The monoisotopic (exact) mass is 373 g/mol. The molecule has 5 rings (SSSR count). The zero-order valence-electron chi connectivity index (χ0n) is 14.8. The minimum atomic E-state index is 0.217.